The first-order chi connectivity index (χ1) is 34.5. The SMILES string of the molecule is CN(C(=O)C1=CC2OC(c3ccccc3)(c3ccccc3)OC2C(OC(=O)c2ccc(C=CCOC3OC(CO)C(O)C(O)C3O)cc2)C1)C(Cc1ccccc1)C(=O)NC(CO)CCC(=O)OC(C)(C)C. The molecule has 17 nitrogen and oxygen atoms in total. The fourth-order valence-corrected chi connectivity index (χ4v) is 8.86. The number of nitrogens with one attached hydrogen (secondary N) is 1. The molecule has 2 saturated heterocycles. The van der Waals surface area contributed by atoms with Crippen LogP contribution in [0.4, 0.5) is 0 Å². The monoisotopic (exact) mass is 992 g/mol. The summed E-state index contributed by atoms with van der Waals surface area (Å²) < 4.78 is 36.5. The van der Waals surface area contributed by atoms with E-state index in [1.54, 1.807) is 63.3 Å². The van der Waals surface area contributed by atoms with E-state index in [-0.39, 0.29) is 43.4 Å². The summed E-state index contributed by atoms with van der Waals surface area (Å²) in [5.74, 6) is -3.74. The molecule has 10 atom stereocenters. The smallest absolute Gasteiger partial charge is 0.338 e. The van der Waals surface area contributed by atoms with Gasteiger partial charge >= 0.3 is 11.9 Å². The van der Waals surface area contributed by atoms with Gasteiger partial charge in [-0.3, -0.25) is 14.4 Å². The lowest BCUT2D eigenvalue weighted by atomic mass is 9.90. The van der Waals surface area contributed by atoms with Gasteiger partial charge in [-0.05, 0) is 56.5 Å². The summed E-state index contributed by atoms with van der Waals surface area (Å²) in [6.45, 7) is 4.14. The second kappa shape index (κ2) is 24.1. The minimum atomic E-state index is -1.57. The van der Waals surface area contributed by atoms with Crippen molar-refractivity contribution in [1.29, 1.82) is 0 Å². The molecule has 6 N–H and O–H groups in total. The quantitative estimate of drug-likeness (QED) is 0.0734. The van der Waals surface area contributed by atoms with Crippen LogP contribution in [0.5, 0.6) is 0 Å². The third-order valence-electron chi connectivity index (χ3n) is 12.6. The van der Waals surface area contributed by atoms with Gasteiger partial charge in [-0.2, -0.15) is 0 Å². The lowest BCUT2D eigenvalue weighted by Crippen LogP contribution is -2.59. The molecule has 17 heteroatoms. The molecule has 0 saturated carbocycles. The average molecular weight is 993 g/mol. The van der Waals surface area contributed by atoms with Gasteiger partial charge in [0.15, 0.2) is 6.29 Å². The van der Waals surface area contributed by atoms with Crippen molar-refractivity contribution in [3.8, 4) is 0 Å². The maximum absolute atomic E-state index is 14.9. The molecule has 2 fully saturated rings. The highest BCUT2D eigenvalue weighted by molar-refractivity contribution is 5.97. The van der Waals surface area contributed by atoms with Gasteiger partial charge in [-0.15, -0.1) is 0 Å². The van der Waals surface area contributed by atoms with Crippen LogP contribution in [-0.4, -0.2) is 148 Å². The molecule has 2 heterocycles. The summed E-state index contributed by atoms with van der Waals surface area (Å²) in [6, 6.07) is 32.4. The van der Waals surface area contributed by atoms with E-state index < -0.39 is 109 Å². The number of carbonyl (C=O) groups excluding carboxylic acids is 4. The van der Waals surface area contributed by atoms with Crippen LogP contribution >= 0.6 is 0 Å². The molecule has 0 aromatic heterocycles. The van der Waals surface area contributed by atoms with E-state index in [0.717, 1.165) is 5.56 Å². The molecule has 10 unspecified atom stereocenters. The maximum atomic E-state index is 14.9. The van der Waals surface area contributed by atoms with Gasteiger partial charge in [0.05, 0.1) is 31.4 Å². The predicted octanol–water partition coefficient (Wildman–Crippen LogP) is 3.73. The molecular weight excluding hydrogens is 929 g/mol. The number of carbonyl (C=O) groups is 4. The second-order valence-electron chi connectivity index (χ2n) is 19.0. The number of hydrogen-bond donors (Lipinski definition) is 6. The molecule has 2 amide bonds. The molecule has 1 aliphatic carbocycles. The Morgan fingerprint density at radius 3 is 2.06 bits per heavy atom. The number of hydrogen-bond acceptors (Lipinski definition) is 15. The third kappa shape index (κ3) is 13.1. The fraction of sp³-hybridized carbons (Fsp3) is 0.418. The van der Waals surface area contributed by atoms with Crippen molar-refractivity contribution >= 4 is 29.8 Å². The van der Waals surface area contributed by atoms with Crippen LogP contribution in [0.1, 0.15) is 72.6 Å². The Kier molecular flexibility index (Phi) is 17.9. The number of aliphatic hydroxyl groups is 5. The van der Waals surface area contributed by atoms with Gasteiger partial charge < -0.3 is 64.2 Å². The summed E-state index contributed by atoms with van der Waals surface area (Å²) in [4.78, 5) is 57.2. The molecule has 3 aliphatic rings. The summed E-state index contributed by atoms with van der Waals surface area (Å²) in [6.07, 6.45) is -4.90. The van der Waals surface area contributed by atoms with Crippen LogP contribution in [0.25, 0.3) is 6.08 Å². The van der Waals surface area contributed by atoms with Crippen molar-refractivity contribution in [2.75, 3.05) is 26.9 Å². The number of amides is 2. The Balaban J connectivity index is 1.12. The van der Waals surface area contributed by atoms with Gasteiger partial charge in [-0.1, -0.05) is 115 Å². The number of aliphatic hydroxyl groups excluding tert-OH is 5. The zero-order valence-electron chi connectivity index (χ0n) is 40.7. The van der Waals surface area contributed by atoms with Gasteiger partial charge in [-0.25, -0.2) is 4.79 Å². The van der Waals surface area contributed by atoms with E-state index in [1.165, 1.54) is 11.9 Å². The third-order valence-corrected chi connectivity index (χ3v) is 12.6. The van der Waals surface area contributed by atoms with Crippen LogP contribution < -0.4 is 5.32 Å². The van der Waals surface area contributed by atoms with Crippen LogP contribution in [-0.2, 0) is 55.0 Å². The van der Waals surface area contributed by atoms with Crippen LogP contribution in [0.2, 0.25) is 0 Å². The Bertz CT molecular complexity index is 2460. The highest BCUT2D eigenvalue weighted by atomic mass is 16.8. The summed E-state index contributed by atoms with van der Waals surface area (Å²) in [7, 11) is 1.51. The molecule has 0 spiro atoms. The van der Waals surface area contributed by atoms with Crippen LogP contribution in [0.15, 0.2) is 133 Å². The molecule has 72 heavy (non-hydrogen) atoms. The zero-order chi connectivity index (χ0) is 51.6. The largest absolute Gasteiger partial charge is 0.460 e. The number of rotatable bonds is 19. The Hall–Kier alpha value is -6.12. The minimum absolute atomic E-state index is 0.0558. The van der Waals surface area contributed by atoms with Gasteiger partial charge in [0.1, 0.15) is 54.4 Å². The van der Waals surface area contributed by atoms with Gasteiger partial charge in [0, 0.05) is 43.0 Å². The number of nitrogens with zero attached hydrogens (tertiary/aromatic N) is 1. The average Bonchev–Trinajstić information content (AvgIpc) is 3.79. The molecule has 4 aromatic carbocycles. The minimum Gasteiger partial charge on any atom is -0.460 e. The first kappa shape index (κ1) is 53.7. The maximum Gasteiger partial charge on any atom is 0.338 e. The second-order valence-corrected chi connectivity index (χ2v) is 19.0. The number of esters is 2. The van der Waals surface area contributed by atoms with E-state index in [4.69, 9.17) is 28.4 Å². The fourth-order valence-electron chi connectivity index (χ4n) is 8.86. The normalized spacial score (nSPS) is 24.6. The van der Waals surface area contributed by atoms with Crippen molar-refractivity contribution in [3.05, 3.63) is 161 Å². The Morgan fingerprint density at radius 2 is 1.46 bits per heavy atom. The topological polar surface area (TPSA) is 240 Å². The number of ether oxygens (including phenoxy) is 6. The van der Waals surface area contributed by atoms with E-state index in [0.29, 0.717) is 16.7 Å². The summed E-state index contributed by atoms with van der Waals surface area (Å²) >= 11 is 0. The van der Waals surface area contributed by atoms with Gasteiger partial charge in [0.25, 0.3) is 0 Å². The van der Waals surface area contributed by atoms with Crippen LogP contribution in [0.3, 0.4) is 0 Å². The van der Waals surface area contributed by atoms with E-state index in [1.807, 2.05) is 91.0 Å². The number of likely N-dealkylation sites (N-methyl/N-ethyl adjacent to an activating group) is 1. The Morgan fingerprint density at radius 1 is 0.833 bits per heavy atom. The van der Waals surface area contributed by atoms with Crippen molar-refractivity contribution in [1.82, 2.24) is 10.2 Å². The lowest BCUT2D eigenvalue weighted by Gasteiger charge is -2.39. The van der Waals surface area contributed by atoms with Crippen molar-refractivity contribution in [3.63, 3.8) is 0 Å². The van der Waals surface area contributed by atoms with E-state index in [9.17, 15) is 44.7 Å². The summed E-state index contributed by atoms with van der Waals surface area (Å²) in [5, 5.41) is 53.0. The Labute approximate surface area is 418 Å². The molecule has 0 bridgehead atoms. The van der Waals surface area contributed by atoms with Gasteiger partial charge in [0.2, 0.25) is 17.6 Å². The lowest BCUT2D eigenvalue weighted by molar-refractivity contribution is -0.298. The zero-order valence-corrected chi connectivity index (χ0v) is 40.7. The molecule has 4 aromatic rings. The standard InChI is InChI=1S/C55H64N2O15/c1-54(2,3)71-45(60)27-26-40(32-58)56-50(64)41(29-35-15-8-5-9-16-35)57(4)51(65)37-30-42(49-43(31-37)70-55(72-49,38-18-10-6-11-19-38)39-20-12-7-13-21-39)68-52(66)36-24-22-34(23-25-36)17-14-28-67-53-48(63)47(62)46(61)44(33-59)69-53/h5-25,31,40-44,46-49,53,58-59,61-63H,26-30,32-33H2,1-4H3,(H,56,64). The molecule has 7 rings (SSSR count). The van der Waals surface area contributed by atoms with Crippen molar-refractivity contribution in [2.45, 2.75) is 119 Å². The highest BCUT2D eigenvalue weighted by Gasteiger charge is 2.55. The number of benzene rings is 4. The molecular formula is C55H64N2O15. The predicted molar refractivity (Wildman–Crippen MR) is 261 cm³/mol. The first-order valence-corrected chi connectivity index (χ1v) is 24.0. The molecule has 0 radical (unpaired) electrons. The molecule has 384 valence electrons. The number of fused-ring (bicyclic) bond motifs is 1. The van der Waals surface area contributed by atoms with E-state index in [2.05, 4.69) is 5.32 Å². The van der Waals surface area contributed by atoms with Crippen molar-refractivity contribution < 1.29 is 73.1 Å². The van der Waals surface area contributed by atoms with Crippen LogP contribution in [0, 0.1) is 0 Å². The summed E-state index contributed by atoms with van der Waals surface area (Å²) in [5.41, 5.74) is 2.47. The van der Waals surface area contributed by atoms with E-state index >= 15 is 0 Å². The highest BCUT2D eigenvalue weighted by Crippen LogP contribution is 2.47. The molecule has 2 aliphatic heterocycles. The first-order valence-electron chi connectivity index (χ1n) is 24.0. The van der Waals surface area contributed by atoms with Crippen molar-refractivity contribution in [2.24, 2.45) is 0 Å².